The molecule has 0 bridgehead atoms. The molecule has 1 saturated carbocycles. The third-order valence-corrected chi connectivity index (χ3v) is 5.27. The van der Waals surface area contributed by atoms with Crippen LogP contribution in [0.15, 0.2) is 28.7 Å². The van der Waals surface area contributed by atoms with E-state index in [1.54, 1.807) is 0 Å². The van der Waals surface area contributed by atoms with Gasteiger partial charge in [-0.3, -0.25) is 4.79 Å². The van der Waals surface area contributed by atoms with Crippen molar-refractivity contribution in [1.82, 2.24) is 10.6 Å². The number of hydrogen-bond donors (Lipinski definition) is 3. The van der Waals surface area contributed by atoms with Crippen molar-refractivity contribution in [3.05, 3.63) is 34.3 Å². The molecule has 1 aliphatic heterocycles. The van der Waals surface area contributed by atoms with Crippen LogP contribution < -0.4 is 10.6 Å². The summed E-state index contributed by atoms with van der Waals surface area (Å²) in [5.41, 5.74) is 1.37. The summed E-state index contributed by atoms with van der Waals surface area (Å²) in [7, 11) is 0. The zero-order valence-electron chi connectivity index (χ0n) is 11.9. The summed E-state index contributed by atoms with van der Waals surface area (Å²) < 4.78 is 1.08. The molecule has 1 aliphatic carbocycles. The molecule has 2 unspecified atom stereocenters. The lowest BCUT2D eigenvalue weighted by atomic mass is 9.64. The summed E-state index contributed by atoms with van der Waals surface area (Å²) >= 11 is 3.52. The minimum atomic E-state index is -0.400. The van der Waals surface area contributed by atoms with Gasteiger partial charge in [0, 0.05) is 23.0 Å². The molecule has 2 atom stereocenters. The van der Waals surface area contributed by atoms with Crippen molar-refractivity contribution in [2.24, 2.45) is 0 Å². The van der Waals surface area contributed by atoms with Gasteiger partial charge in [0.05, 0.1) is 12.1 Å². The zero-order chi connectivity index (χ0) is 14.9. The molecule has 1 amide bonds. The van der Waals surface area contributed by atoms with Gasteiger partial charge in [-0.05, 0) is 37.0 Å². The fraction of sp³-hybridized carbons (Fsp3) is 0.562. The van der Waals surface area contributed by atoms with Crippen molar-refractivity contribution in [2.45, 2.75) is 43.2 Å². The Morgan fingerprint density at radius 1 is 1.48 bits per heavy atom. The Balaban J connectivity index is 1.63. The maximum absolute atomic E-state index is 12.2. The molecule has 1 aromatic rings. The molecule has 2 fully saturated rings. The maximum atomic E-state index is 12.2. The van der Waals surface area contributed by atoms with Crippen LogP contribution in [0.1, 0.15) is 31.2 Å². The first kappa shape index (κ1) is 15.0. The van der Waals surface area contributed by atoms with Gasteiger partial charge in [0.25, 0.3) is 0 Å². The van der Waals surface area contributed by atoms with Crippen molar-refractivity contribution >= 4 is 21.8 Å². The number of rotatable bonds is 4. The second kappa shape index (κ2) is 6.07. The molecule has 5 heteroatoms. The minimum absolute atomic E-state index is 0.00724. The topological polar surface area (TPSA) is 61.4 Å². The van der Waals surface area contributed by atoms with Crippen LogP contribution in [0.3, 0.4) is 0 Å². The van der Waals surface area contributed by atoms with Gasteiger partial charge in [-0.15, -0.1) is 0 Å². The maximum Gasteiger partial charge on any atom is 0.237 e. The SMILES string of the molecule is O=C(NCC1(c2cccc(Br)c2)CCC1)C1CC(O)CN1. The van der Waals surface area contributed by atoms with Gasteiger partial charge < -0.3 is 15.7 Å². The summed E-state index contributed by atoms with van der Waals surface area (Å²) in [6.07, 6.45) is 3.55. The van der Waals surface area contributed by atoms with Crippen LogP contribution in [0.5, 0.6) is 0 Å². The highest BCUT2D eigenvalue weighted by molar-refractivity contribution is 9.10. The molecule has 0 spiro atoms. The van der Waals surface area contributed by atoms with Crippen molar-refractivity contribution in [1.29, 1.82) is 0 Å². The van der Waals surface area contributed by atoms with Crippen molar-refractivity contribution in [3.8, 4) is 0 Å². The molecule has 4 nitrogen and oxygen atoms in total. The van der Waals surface area contributed by atoms with E-state index in [1.807, 2.05) is 6.07 Å². The van der Waals surface area contributed by atoms with E-state index in [9.17, 15) is 9.90 Å². The third kappa shape index (κ3) is 3.15. The number of aliphatic hydroxyl groups is 1. The van der Waals surface area contributed by atoms with E-state index in [4.69, 9.17) is 0 Å². The molecule has 0 radical (unpaired) electrons. The molecule has 1 heterocycles. The first-order chi connectivity index (χ1) is 10.1. The summed E-state index contributed by atoms with van der Waals surface area (Å²) in [5.74, 6) is 0.00724. The lowest BCUT2D eigenvalue weighted by Gasteiger charge is -2.43. The van der Waals surface area contributed by atoms with Crippen LogP contribution >= 0.6 is 15.9 Å². The van der Waals surface area contributed by atoms with Gasteiger partial charge in [0.1, 0.15) is 0 Å². The number of β-amino-alcohol motifs (C(OH)–C–C–N with tert-alkyl or cyclic N) is 1. The molecular formula is C16H21BrN2O2. The Kier molecular flexibility index (Phi) is 4.33. The van der Waals surface area contributed by atoms with Gasteiger partial charge in [0.2, 0.25) is 5.91 Å². The number of nitrogens with one attached hydrogen (secondary N) is 2. The summed E-state index contributed by atoms with van der Waals surface area (Å²) in [4.78, 5) is 12.2. The van der Waals surface area contributed by atoms with E-state index in [0.29, 0.717) is 19.5 Å². The number of hydrogen-bond acceptors (Lipinski definition) is 3. The van der Waals surface area contributed by atoms with Gasteiger partial charge in [0.15, 0.2) is 0 Å². The molecule has 3 N–H and O–H groups in total. The van der Waals surface area contributed by atoms with Crippen LogP contribution in [-0.2, 0) is 10.2 Å². The van der Waals surface area contributed by atoms with E-state index >= 15 is 0 Å². The van der Waals surface area contributed by atoms with E-state index in [-0.39, 0.29) is 17.4 Å². The van der Waals surface area contributed by atoms with Crippen molar-refractivity contribution < 1.29 is 9.90 Å². The standard InChI is InChI=1S/C16H21BrN2O2/c17-12-4-1-3-11(7-12)16(5-2-6-16)10-19-15(21)14-8-13(20)9-18-14/h1,3-4,7,13-14,18,20H,2,5-6,8-10H2,(H,19,21). The number of amides is 1. The summed E-state index contributed by atoms with van der Waals surface area (Å²) in [6.45, 7) is 1.19. The average Bonchev–Trinajstić information content (AvgIpc) is 2.84. The van der Waals surface area contributed by atoms with Crippen molar-refractivity contribution in [2.75, 3.05) is 13.1 Å². The molecule has 2 aliphatic rings. The molecule has 1 aromatic carbocycles. The number of aliphatic hydroxyl groups excluding tert-OH is 1. The van der Waals surface area contributed by atoms with Crippen LogP contribution in [0.4, 0.5) is 0 Å². The van der Waals surface area contributed by atoms with Gasteiger partial charge in [-0.1, -0.05) is 34.5 Å². The fourth-order valence-corrected chi connectivity index (χ4v) is 3.68. The number of carbonyl (C=O) groups is 1. The molecule has 114 valence electrons. The second-order valence-electron chi connectivity index (χ2n) is 6.21. The normalized spacial score (nSPS) is 27.1. The number of carbonyl (C=O) groups excluding carboxylic acids is 1. The average molecular weight is 353 g/mol. The van der Waals surface area contributed by atoms with Crippen LogP contribution in [0, 0.1) is 0 Å². The van der Waals surface area contributed by atoms with Gasteiger partial charge in [-0.25, -0.2) is 0 Å². The quantitative estimate of drug-likeness (QED) is 0.772. The highest BCUT2D eigenvalue weighted by atomic mass is 79.9. The highest BCUT2D eigenvalue weighted by Crippen LogP contribution is 2.43. The summed E-state index contributed by atoms with van der Waals surface area (Å²) in [5, 5.41) is 15.6. The zero-order valence-corrected chi connectivity index (χ0v) is 13.5. The molecule has 0 aromatic heterocycles. The smallest absolute Gasteiger partial charge is 0.237 e. The Labute approximate surface area is 133 Å². The minimum Gasteiger partial charge on any atom is -0.392 e. The van der Waals surface area contributed by atoms with Crippen molar-refractivity contribution in [3.63, 3.8) is 0 Å². The number of halogens is 1. The van der Waals surface area contributed by atoms with Crippen LogP contribution in [-0.4, -0.2) is 36.2 Å². The Morgan fingerprint density at radius 2 is 2.29 bits per heavy atom. The third-order valence-electron chi connectivity index (χ3n) is 4.77. The van der Waals surface area contributed by atoms with E-state index < -0.39 is 6.10 Å². The lowest BCUT2D eigenvalue weighted by molar-refractivity contribution is -0.123. The Hall–Kier alpha value is -0.910. The fourth-order valence-electron chi connectivity index (χ4n) is 3.29. The first-order valence-electron chi connectivity index (χ1n) is 7.54. The monoisotopic (exact) mass is 352 g/mol. The van der Waals surface area contributed by atoms with E-state index in [2.05, 4.69) is 44.8 Å². The Morgan fingerprint density at radius 3 is 2.86 bits per heavy atom. The Bertz CT molecular complexity index is 531. The van der Waals surface area contributed by atoms with E-state index in [0.717, 1.165) is 17.3 Å². The van der Waals surface area contributed by atoms with Crippen LogP contribution in [0.2, 0.25) is 0 Å². The van der Waals surface area contributed by atoms with Crippen LogP contribution in [0.25, 0.3) is 0 Å². The highest BCUT2D eigenvalue weighted by Gasteiger charge is 2.39. The predicted molar refractivity (Wildman–Crippen MR) is 85.1 cm³/mol. The van der Waals surface area contributed by atoms with Gasteiger partial charge >= 0.3 is 0 Å². The largest absolute Gasteiger partial charge is 0.392 e. The molecule has 3 rings (SSSR count). The predicted octanol–water partition coefficient (Wildman–Crippen LogP) is 1.71. The summed E-state index contributed by atoms with van der Waals surface area (Å²) in [6, 6.07) is 8.13. The molecular weight excluding hydrogens is 332 g/mol. The lowest BCUT2D eigenvalue weighted by Crippen LogP contribution is -2.49. The second-order valence-corrected chi connectivity index (χ2v) is 7.13. The molecule has 21 heavy (non-hydrogen) atoms. The first-order valence-corrected chi connectivity index (χ1v) is 8.34. The number of benzene rings is 1. The molecule has 1 saturated heterocycles. The van der Waals surface area contributed by atoms with Gasteiger partial charge in [-0.2, -0.15) is 0 Å². The van der Waals surface area contributed by atoms with E-state index in [1.165, 1.54) is 12.0 Å².